The van der Waals surface area contributed by atoms with Crippen LogP contribution < -0.4 is 0 Å². The molecule has 0 amide bonds. The molecular formula is C11H14N4. The zero-order valence-corrected chi connectivity index (χ0v) is 8.96. The van der Waals surface area contributed by atoms with Crippen molar-refractivity contribution in [1.82, 2.24) is 5.01 Å². The van der Waals surface area contributed by atoms with Gasteiger partial charge in [-0.2, -0.15) is 10.2 Å². The van der Waals surface area contributed by atoms with Crippen molar-refractivity contribution < 1.29 is 0 Å². The fourth-order valence-electron chi connectivity index (χ4n) is 1.46. The number of hydrogen-bond donors (Lipinski definition) is 0. The zero-order valence-electron chi connectivity index (χ0n) is 8.96. The monoisotopic (exact) mass is 202 g/mol. The van der Waals surface area contributed by atoms with Crippen molar-refractivity contribution in [3.8, 4) is 0 Å². The van der Waals surface area contributed by atoms with Crippen molar-refractivity contribution in [2.24, 2.45) is 15.3 Å². The van der Waals surface area contributed by atoms with Crippen LogP contribution in [0.4, 0.5) is 0 Å². The van der Waals surface area contributed by atoms with Gasteiger partial charge in [-0.25, -0.2) is 0 Å². The van der Waals surface area contributed by atoms with Crippen LogP contribution in [0.25, 0.3) is 0 Å². The van der Waals surface area contributed by atoms with E-state index in [1.807, 2.05) is 42.3 Å². The molecule has 0 radical (unpaired) electrons. The summed E-state index contributed by atoms with van der Waals surface area (Å²) in [6, 6.07) is 9.90. The largest absolute Gasteiger partial charge is 0.269 e. The number of rotatable bonds is 2. The summed E-state index contributed by atoms with van der Waals surface area (Å²) in [7, 11) is 0. The van der Waals surface area contributed by atoms with Crippen LogP contribution in [0.2, 0.25) is 0 Å². The van der Waals surface area contributed by atoms with Gasteiger partial charge in [0.05, 0.1) is 0 Å². The molecule has 1 aromatic rings. The van der Waals surface area contributed by atoms with Crippen LogP contribution >= 0.6 is 0 Å². The average molecular weight is 202 g/mol. The Bertz CT molecular complexity index is 383. The molecule has 0 N–H and O–H groups in total. The topological polar surface area (TPSA) is 40.3 Å². The van der Waals surface area contributed by atoms with Gasteiger partial charge in [0.1, 0.15) is 0 Å². The third-order valence-corrected chi connectivity index (χ3v) is 2.33. The molecule has 1 aromatic carbocycles. The van der Waals surface area contributed by atoms with E-state index in [-0.39, 0.29) is 6.17 Å². The molecule has 0 bridgehead atoms. The summed E-state index contributed by atoms with van der Waals surface area (Å²) in [5.74, 6) is 0.690. The molecule has 4 heteroatoms. The average Bonchev–Trinajstić information content (AvgIpc) is 2.31. The second-order valence-corrected chi connectivity index (χ2v) is 3.39. The van der Waals surface area contributed by atoms with Crippen molar-refractivity contribution in [2.45, 2.75) is 20.0 Å². The van der Waals surface area contributed by atoms with Gasteiger partial charge in [0.25, 0.3) is 0 Å². The number of hydrazone groups is 1. The Morgan fingerprint density at radius 1 is 1.27 bits per heavy atom. The van der Waals surface area contributed by atoms with Gasteiger partial charge in [-0.1, -0.05) is 30.3 Å². The van der Waals surface area contributed by atoms with Crippen molar-refractivity contribution in [1.29, 1.82) is 0 Å². The Morgan fingerprint density at radius 3 is 2.67 bits per heavy atom. The molecule has 1 unspecified atom stereocenters. The van der Waals surface area contributed by atoms with Gasteiger partial charge in [0.2, 0.25) is 5.84 Å². The summed E-state index contributed by atoms with van der Waals surface area (Å²) >= 11 is 0. The molecule has 0 saturated heterocycles. The number of hydrogen-bond acceptors (Lipinski definition) is 4. The lowest BCUT2D eigenvalue weighted by Crippen LogP contribution is -2.30. The minimum Gasteiger partial charge on any atom is -0.269 e. The summed E-state index contributed by atoms with van der Waals surface area (Å²) in [6.07, 6.45) is 0.0439. The standard InChI is InChI=1S/C11H14N4/c1-3-15-9(2)12-13-11(14-15)10-7-5-4-6-8-10/h4-9H,3H2,1-2H3. The van der Waals surface area contributed by atoms with E-state index in [2.05, 4.69) is 22.3 Å². The summed E-state index contributed by atoms with van der Waals surface area (Å²) in [5.41, 5.74) is 1.01. The van der Waals surface area contributed by atoms with Crippen LogP contribution in [0.15, 0.2) is 45.7 Å². The van der Waals surface area contributed by atoms with Crippen LogP contribution in [0.1, 0.15) is 19.4 Å². The maximum absolute atomic E-state index is 4.44. The maximum atomic E-state index is 4.44. The summed E-state index contributed by atoms with van der Waals surface area (Å²) in [4.78, 5) is 0. The number of nitrogens with zero attached hydrogens (tertiary/aromatic N) is 4. The van der Waals surface area contributed by atoms with Crippen LogP contribution in [0.3, 0.4) is 0 Å². The van der Waals surface area contributed by atoms with Gasteiger partial charge >= 0.3 is 0 Å². The van der Waals surface area contributed by atoms with Crippen molar-refractivity contribution in [2.75, 3.05) is 6.54 Å². The molecule has 0 spiro atoms. The molecule has 0 saturated carbocycles. The predicted octanol–water partition coefficient (Wildman–Crippen LogP) is 2.48. The normalized spacial score (nSPS) is 20.3. The molecular weight excluding hydrogens is 188 g/mol. The molecule has 0 fully saturated rings. The van der Waals surface area contributed by atoms with Crippen molar-refractivity contribution in [3.63, 3.8) is 0 Å². The van der Waals surface area contributed by atoms with Gasteiger partial charge in [0, 0.05) is 12.1 Å². The molecule has 1 atom stereocenters. The molecule has 2 rings (SSSR count). The summed E-state index contributed by atoms with van der Waals surface area (Å²) in [5, 5.41) is 14.6. The molecule has 4 nitrogen and oxygen atoms in total. The Balaban J connectivity index is 2.28. The van der Waals surface area contributed by atoms with Crippen molar-refractivity contribution in [3.05, 3.63) is 35.9 Å². The highest BCUT2D eigenvalue weighted by molar-refractivity contribution is 5.99. The molecule has 78 valence electrons. The van der Waals surface area contributed by atoms with Gasteiger partial charge in [-0.05, 0) is 13.8 Å². The van der Waals surface area contributed by atoms with Gasteiger partial charge < -0.3 is 0 Å². The van der Waals surface area contributed by atoms with Crippen LogP contribution in [-0.4, -0.2) is 23.6 Å². The quantitative estimate of drug-likeness (QED) is 0.726. The SMILES string of the molecule is CCN1N=C(c2ccccc2)N=NC1C. The van der Waals surface area contributed by atoms with E-state index >= 15 is 0 Å². The molecule has 15 heavy (non-hydrogen) atoms. The fraction of sp³-hybridized carbons (Fsp3) is 0.364. The predicted molar refractivity (Wildman–Crippen MR) is 59.7 cm³/mol. The lowest BCUT2D eigenvalue weighted by Gasteiger charge is -2.24. The van der Waals surface area contributed by atoms with E-state index in [4.69, 9.17) is 0 Å². The first-order valence-electron chi connectivity index (χ1n) is 5.12. The highest BCUT2D eigenvalue weighted by atomic mass is 15.6. The Kier molecular flexibility index (Phi) is 2.76. The highest BCUT2D eigenvalue weighted by Crippen LogP contribution is 2.13. The Hall–Kier alpha value is -1.71. The van der Waals surface area contributed by atoms with E-state index in [9.17, 15) is 0 Å². The smallest absolute Gasteiger partial charge is 0.200 e. The second-order valence-electron chi connectivity index (χ2n) is 3.39. The van der Waals surface area contributed by atoms with Gasteiger partial charge in [-0.3, -0.25) is 5.01 Å². The minimum absolute atomic E-state index is 0.0439. The number of benzene rings is 1. The van der Waals surface area contributed by atoms with E-state index in [1.54, 1.807) is 0 Å². The van der Waals surface area contributed by atoms with E-state index < -0.39 is 0 Å². The fourth-order valence-corrected chi connectivity index (χ4v) is 1.46. The van der Waals surface area contributed by atoms with Crippen molar-refractivity contribution >= 4 is 5.84 Å². The zero-order chi connectivity index (χ0) is 10.7. The Morgan fingerprint density at radius 2 is 2.00 bits per heavy atom. The molecule has 1 aliphatic heterocycles. The van der Waals surface area contributed by atoms with E-state index in [0.717, 1.165) is 12.1 Å². The lowest BCUT2D eigenvalue weighted by molar-refractivity contribution is 0.222. The molecule has 1 heterocycles. The van der Waals surface area contributed by atoms with Crippen LogP contribution in [0, 0.1) is 0 Å². The Labute approximate surface area is 89.3 Å². The lowest BCUT2D eigenvalue weighted by atomic mass is 10.2. The van der Waals surface area contributed by atoms with E-state index in [0.29, 0.717) is 5.84 Å². The van der Waals surface area contributed by atoms with Crippen LogP contribution in [-0.2, 0) is 0 Å². The third-order valence-electron chi connectivity index (χ3n) is 2.33. The summed E-state index contributed by atoms with van der Waals surface area (Å²) < 4.78 is 0. The van der Waals surface area contributed by atoms with E-state index in [1.165, 1.54) is 0 Å². The molecule has 1 aliphatic rings. The number of amidine groups is 1. The molecule has 0 aromatic heterocycles. The second kappa shape index (κ2) is 4.21. The van der Waals surface area contributed by atoms with Crippen LogP contribution in [0.5, 0.6) is 0 Å². The first-order valence-corrected chi connectivity index (χ1v) is 5.12. The summed E-state index contributed by atoms with van der Waals surface area (Å²) in [6.45, 7) is 4.89. The van der Waals surface area contributed by atoms with Gasteiger partial charge in [-0.15, -0.1) is 5.11 Å². The third kappa shape index (κ3) is 2.03. The maximum Gasteiger partial charge on any atom is 0.200 e. The van der Waals surface area contributed by atoms with Gasteiger partial charge in [0.15, 0.2) is 6.17 Å². The first-order chi connectivity index (χ1) is 7.31. The minimum atomic E-state index is 0.0439. The first kappa shape index (κ1) is 9.83. The highest BCUT2D eigenvalue weighted by Gasteiger charge is 2.15. The number of azo groups is 1. The molecule has 0 aliphatic carbocycles.